The SMILES string of the molecule is O=C(NCCCOCC1CCCO1)c1ccc(C(=O)O)nc1. The number of nitrogens with one attached hydrogen (secondary N) is 1. The molecule has 7 heteroatoms. The Bertz CT molecular complexity index is 497. The van der Waals surface area contributed by atoms with E-state index in [-0.39, 0.29) is 17.7 Å². The molecule has 1 aromatic heterocycles. The number of carboxylic acid groups (broad SMARTS) is 1. The number of hydrogen-bond donors (Lipinski definition) is 2. The number of amides is 1. The third kappa shape index (κ3) is 5.09. The monoisotopic (exact) mass is 308 g/mol. The summed E-state index contributed by atoms with van der Waals surface area (Å²) in [5.41, 5.74) is 0.254. The Morgan fingerprint density at radius 1 is 1.45 bits per heavy atom. The molecule has 1 atom stereocenters. The van der Waals surface area contributed by atoms with Gasteiger partial charge in [-0.3, -0.25) is 4.79 Å². The van der Waals surface area contributed by atoms with Gasteiger partial charge in [-0.1, -0.05) is 0 Å². The summed E-state index contributed by atoms with van der Waals surface area (Å²) in [6, 6.07) is 2.75. The van der Waals surface area contributed by atoms with E-state index in [1.54, 1.807) is 0 Å². The van der Waals surface area contributed by atoms with Gasteiger partial charge in [-0.05, 0) is 31.4 Å². The fraction of sp³-hybridized carbons (Fsp3) is 0.533. The maximum absolute atomic E-state index is 11.8. The first kappa shape index (κ1) is 16.4. The van der Waals surface area contributed by atoms with Gasteiger partial charge in [0, 0.05) is 26.0 Å². The molecule has 2 rings (SSSR count). The van der Waals surface area contributed by atoms with Crippen LogP contribution in [0.2, 0.25) is 0 Å². The number of pyridine rings is 1. The van der Waals surface area contributed by atoms with E-state index in [2.05, 4.69) is 10.3 Å². The molecule has 1 aromatic rings. The van der Waals surface area contributed by atoms with Crippen LogP contribution in [0.15, 0.2) is 18.3 Å². The molecule has 1 aliphatic heterocycles. The quantitative estimate of drug-likeness (QED) is 0.698. The molecular weight excluding hydrogens is 288 g/mol. The van der Waals surface area contributed by atoms with Crippen LogP contribution in [0.5, 0.6) is 0 Å². The van der Waals surface area contributed by atoms with Gasteiger partial charge < -0.3 is 19.9 Å². The fourth-order valence-electron chi connectivity index (χ4n) is 2.12. The van der Waals surface area contributed by atoms with Crippen LogP contribution in [0.1, 0.15) is 40.1 Å². The van der Waals surface area contributed by atoms with E-state index in [1.807, 2.05) is 0 Å². The molecule has 2 N–H and O–H groups in total. The topological polar surface area (TPSA) is 97.8 Å². The lowest BCUT2D eigenvalue weighted by atomic mass is 10.2. The lowest BCUT2D eigenvalue weighted by molar-refractivity contribution is 0.0166. The summed E-state index contributed by atoms with van der Waals surface area (Å²) in [4.78, 5) is 26.2. The van der Waals surface area contributed by atoms with Crippen molar-refractivity contribution >= 4 is 11.9 Å². The van der Waals surface area contributed by atoms with Gasteiger partial charge >= 0.3 is 5.97 Å². The lowest BCUT2D eigenvalue weighted by Gasteiger charge is -2.10. The van der Waals surface area contributed by atoms with Gasteiger partial charge in [0.2, 0.25) is 0 Å². The number of carbonyl (C=O) groups is 2. The number of nitrogens with zero attached hydrogens (tertiary/aromatic N) is 1. The molecule has 1 amide bonds. The van der Waals surface area contributed by atoms with E-state index < -0.39 is 5.97 Å². The minimum absolute atomic E-state index is 0.0842. The van der Waals surface area contributed by atoms with Gasteiger partial charge in [0.05, 0.1) is 18.3 Å². The van der Waals surface area contributed by atoms with Crippen molar-refractivity contribution in [3.63, 3.8) is 0 Å². The van der Waals surface area contributed by atoms with Crippen LogP contribution in [0, 0.1) is 0 Å². The smallest absolute Gasteiger partial charge is 0.354 e. The number of carbonyl (C=O) groups excluding carboxylic acids is 1. The Balaban J connectivity index is 1.59. The number of carboxylic acids is 1. The summed E-state index contributed by atoms with van der Waals surface area (Å²) in [6.07, 6.45) is 4.33. The van der Waals surface area contributed by atoms with E-state index in [4.69, 9.17) is 14.6 Å². The van der Waals surface area contributed by atoms with Crippen molar-refractivity contribution in [3.8, 4) is 0 Å². The van der Waals surface area contributed by atoms with Gasteiger partial charge in [0.15, 0.2) is 0 Å². The largest absolute Gasteiger partial charge is 0.477 e. The van der Waals surface area contributed by atoms with Crippen molar-refractivity contribution in [1.82, 2.24) is 10.3 Å². The van der Waals surface area contributed by atoms with Crippen molar-refractivity contribution in [3.05, 3.63) is 29.6 Å². The molecule has 0 spiro atoms. The third-order valence-corrected chi connectivity index (χ3v) is 3.32. The van der Waals surface area contributed by atoms with Gasteiger partial charge in [-0.2, -0.15) is 0 Å². The van der Waals surface area contributed by atoms with E-state index >= 15 is 0 Å². The Morgan fingerprint density at radius 2 is 2.32 bits per heavy atom. The minimum Gasteiger partial charge on any atom is -0.477 e. The highest BCUT2D eigenvalue weighted by molar-refractivity contribution is 5.94. The average Bonchev–Trinajstić information content (AvgIpc) is 3.04. The summed E-state index contributed by atoms with van der Waals surface area (Å²) >= 11 is 0. The molecular formula is C15H20N2O5. The summed E-state index contributed by atoms with van der Waals surface area (Å²) in [5, 5.41) is 11.5. The first-order valence-electron chi connectivity index (χ1n) is 7.33. The number of aromatic nitrogens is 1. The Labute approximate surface area is 128 Å². The summed E-state index contributed by atoms with van der Waals surface area (Å²) in [7, 11) is 0. The molecule has 120 valence electrons. The van der Waals surface area contributed by atoms with E-state index in [0.29, 0.717) is 31.7 Å². The van der Waals surface area contributed by atoms with Crippen LogP contribution < -0.4 is 5.32 Å². The van der Waals surface area contributed by atoms with Crippen molar-refractivity contribution in [1.29, 1.82) is 0 Å². The normalized spacial score (nSPS) is 17.4. The van der Waals surface area contributed by atoms with Crippen LogP contribution >= 0.6 is 0 Å². The second kappa shape index (κ2) is 8.45. The van der Waals surface area contributed by atoms with Gasteiger partial charge in [0.25, 0.3) is 5.91 Å². The molecule has 7 nitrogen and oxygen atoms in total. The third-order valence-electron chi connectivity index (χ3n) is 3.32. The molecule has 0 saturated carbocycles. The Morgan fingerprint density at radius 3 is 2.95 bits per heavy atom. The van der Waals surface area contributed by atoms with E-state index in [0.717, 1.165) is 19.4 Å². The molecule has 0 aliphatic carbocycles. The number of hydrogen-bond acceptors (Lipinski definition) is 5. The second-order valence-corrected chi connectivity index (χ2v) is 5.06. The van der Waals surface area contributed by atoms with Gasteiger partial charge in [0.1, 0.15) is 5.69 Å². The maximum Gasteiger partial charge on any atom is 0.354 e. The number of rotatable bonds is 8. The Kier molecular flexibility index (Phi) is 6.29. The lowest BCUT2D eigenvalue weighted by Crippen LogP contribution is -2.26. The van der Waals surface area contributed by atoms with E-state index in [9.17, 15) is 9.59 Å². The second-order valence-electron chi connectivity index (χ2n) is 5.06. The molecule has 1 fully saturated rings. The average molecular weight is 308 g/mol. The highest BCUT2D eigenvalue weighted by atomic mass is 16.5. The molecule has 1 aliphatic rings. The minimum atomic E-state index is -1.12. The van der Waals surface area contributed by atoms with Gasteiger partial charge in [-0.25, -0.2) is 9.78 Å². The molecule has 0 bridgehead atoms. The predicted molar refractivity (Wildman–Crippen MR) is 77.9 cm³/mol. The zero-order valence-electron chi connectivity index (χ0n) is 12.3. The highest BCUT2D eigenvalue weighted by Crippen LogP contribution is 2.11. The van der Waals surface area contributed by atoms with Crippen molar-refractivity contribution < 1.29 is 24.2 Å². The highest BCUT2D eigenvalue weighted by Gasteiger charge is 2.15. The summed E-state index contributed by atoms with van der Waals surface area (Å²) in [5.74, 6) is -1.39. The van der Waals surface area contributed by atoms with Crippen LogP contribution in [0.25, 0.3) is 0 Å². The molecule has 0 radical (unpaired) electrons. The Hall–Kier alpha value is -1.99. The first-order valence-corrected chi connectivity index (χ1v) is 7.33. The zero-order chi connectivity index (χ0) is 15.8. The molecule has 1 saturated heterocycles. The first-order chi connectivity index (χ1) is 10.7. The van der Waals surface area contributed by atoms with Crippen LogP contribution in [0.3, 0.4) is 0 Å². The maximum atomic E-state index is 11.8. The van der Waals surface area contributed by atoms with Crippen LogP contribution in [0.4, 0.5) is 0 Å². The summed E-state index contributed by atoms with van der Waals surface area (Å²) in [6.45, 7) is 2.48. The van der Waals surface area contributed by atoms with Crippen molar-refractivity contribution in [2.75, 3.05) is 26.4 Å². The standard InChI is InChI=1S/C15H20N2O5/c18-14(11-4-5-13(15(19)20)17-9-11)16-6-2-7-21-10-12-3-1-8-22-12/h4-5,9,12H,1-3,6-8,10H2,(H,16,18)(H,19,20). The van der Waals surface area contributed by atoms with E-state index in [1.165, 1.54) is 18.3 Å². The summed E-state index contributed by atoms with van der Waals surface area (Å²) < 4.78 is 10.9. The van der Waals surface area contributed by atoms with Crippen LogP contribution in [-0.2, 0) is 9.47 Å². The fourth-order valence-corrected chi connectivity index (χ4v) is 2.12. The number of aromatic carboxylic acids is 1. The van der Waals surface area contributed by atoms with Crippen LogP contribution in [-0.4, -0.2) is 54.4 Å². The van der Waals surface area contributed by atoms with Crippen molar-refractivity contribution in [2.24, 2.45) is 0 Å². The molecule has 1 unspecified atom stereocenters. The van der Waals surface area contributed by atoms with Crippen molar-refractivity contribution in [2.45, 2.75) is 25.4 Å². The predicted octanol–water partition coefficient (Wildman–Crippen LogP) is 1.10. The number of ether oxygens (including phenoxy) is 2. The molecule has 2 heterocycles. The molecule has 0 aromatic carbocycles. The zero-order valence-corrected chi connectivity index (χ0v) is 12.3. The molecule has 22 heavy (non-hydrogen) atoms. The van der Waals surface area contributed by atoms with Gasteiger partial charge in [-0.15, -0.1) is 0 Å².